The SMILES string of the molecule is CCOc1cc(/C=C2\SC(=S)N(NC(=O)Nc3ccc(Cl)c(Cl)c3)C2=O)ccc1OCC(N)=O. The number of halogens is 2. The van der Waals surface area contributed by atoms with Crippen molar-refractivity contribution in [3.05, 3.63) is 56.9 Å². The third-order valence-electron chi connectivity index (χ3n) is 4.12. The first kappa shape index (κ1) is 25.6. The molecule has 34 heavy (non-hydrogen) atoms. The summed E-state index contributed by atoms with van der Waals surface area (Å²) in [7, 11) is 0. The number of thiocarbonyl (C=S) groups is 1. The maximum absolute atomic E-state index is 12.8. The first-order valence-electron chi connectivity index (χ1n) is 9.66. The van der Waals surface area contributed by atoms with Crippen LogP contribution in [-0.2, 0) is 9.59 Å². The van der Waals surface area contributed by atoms with Gasteiger partial charge in [0.2, 0.25) is 0 Å². The van der Waals surface area contributed by atoms with Crippen LogP contribution < -0.4 is 25.9 Å². The van der Waals surface area contributed by atoms with Gasteiger partial charge in [-0.1, -0.05) is 41.0 Å². The lowest BCUT2D eigenvalue weighted by molar-refractivity contribution is -0.123. The molecule has 13 heteroatoms. The van der Waals surface area contributed by atoms with Gasteiger partial charge in [0.1, 0.15) is 0 Å². The molecule has 9 nitrogen and oxygen atoms in total. The number of hydrogen-bond donors (Lipinski definition) is 3. The number of hydrazine groups is 1. The minimum atomic E-state index is -0.689. The number of thioether (sulfide) groups is 1. The Bertz CT molecular complexity index is 1190. The number of nitrogens with zero attached hydrogens (tertiary/aromatic N) is 1. The second-order valence-electron chi connectivity index (χ2n) is 6.61. The second-order valence-corrected chi connectivity index (χ2v) is 9.10. The van der Waals surface area contributed by atoms with Crippen LogP contribution in [0, 0.1) is 0 Å². The van der Waals surface area contributed by atoms with E-state index in [2.05, 4.69) is 10.7 Å². The molecule has 1 saturated heterocycles. The van der Waals surface area contributed by atoms with Crippen LogP contribution in [0.1, 0.15) is 12.5 Å². The van der Waals surface area contributed by atoms with E-state index >= 15 is 0 Å². The molecule has 0 bridgehead atoms. The zero-order chi connectivity index (χ0) is 24.8. The average molecular weight is 541 g/mol. The Morgan fingerprint density at radius 2 is 1.91 bits per heavy atom. The number of amides is 4. The smallest absolute Gasteiger partial charge is 0.338 e. The monoisotopic (exact) mass is 540 g/mol. The van der Waals surface area contributed by atoms with E-state index in [1.54, 1.807) is 37.3 Å². The second kappa shape index (κ2) is 11.4. The number of nitrogens with two attached hydrogens (primary N) is 1. The van der Waals surface area contributed by atoms with Crippen LogP contribution in [0.3, 0.4) is 0 Å². The fraction of sp³-hybridized carbons (Fsp3) is 0.143. The first-order chi connectivity index (χ1) is 16.2. The van der Waals surface area contributed by atoms with Crippen LogP contribution in [0.15, 0.2) is 41.3 Å². The summed E-state index contributed by atoms with van der Waals surface area (Å²) in [6.07, 6.45) is 1.60. The Balaban J connectivity index is 1.72. The van der Waals surface area contributed by atoms with Gasteiger partial charge in [0.25, 0.3) is 11.8 Å². The lowest BCUT2D eigenvalue weighted by Gasteiger charge is -2.16. The molecule has 0 spiro atoms. The largest absolute Gasteiger partial charge is 0.490 e. The molecule has 2 aromatic carbocycles. The van der Waals surface area contributed by atoms with Crippen molar-refractivity contribution in [1.29, 1.82) is 0 Å². The molecule has 0 saturated carbocycles. The molecule has 1 aliphatic heterocycles. The molecular weight excluding hydrogens is 523 g/mol. The van der Waals surface area contributed by atoms with E-state index in [0.29, 0.717) is 34.4 Å². The standard InChI is InChI=1S/C21H18Cl2N4O5S2/c1-2-31-16-7-11(3-6-15(16)32-10-18(24)28)8-17-19(29)27(21(33)34-17)26-20(30)25-12-4-5-13(22)14(23)9-12/h3-9H,2,10H2,1H3,(H2,24,28)(H2,25,26,30)/b17-8-. The number of carbonyl (C=O) groups is 3. The van der Waals surface area contributed by atoms with E-state index in [-0.39, 0.29) is 20.9 Å². The van der Waals surface area contributed by atoms with Crippen molar-refractivity contribution in [2.45, 2.75) is 6.92 Å². The van der Waals surface area contributed by atoms with Crippen LogP contribution in [0.4, 0.5) is 10.5 Å². The Hall–Kier alpha value is -2.99. The molecule has 0 aliphatic carbocycles. The average Bonchev–Trinajstić information content (AvgIpc) is 3.03. The van der Waals surface area contributed by atoms with Gasteiger partial charge in [0, 0.05) is 5.69 Å². The van der Waals surface area contributed by atoms with Gasteiger partial charge in [0.05, 0.1) is 21.6 Å². The van der Waals surface area contributed by atoms with Gasteiger partial charge in [-0.05, 0) is 61.1 Å². The molecule has 0 unspecified atom stereocenters. The molecule has 1 fully saturated rings. The molecule has 4 N–H and O–H groups in total. The van der Waals surface area contributed by atoms with Crippen molar-refractivity contribution in [2.24, 2.45) is 5.73 Å². The number of primary amides is 1. The Labute approximate surface area is 214 Å². The van der Waals surface area contributed by atoms with Crippen molar-refractivity contribution in [2.75, 3.05) is 18.5 Å². The summed E-state index contributed by atoms with van der Waals surface area (Å²) >= 11 is 18.1. The summed E-state index contributed by atoms with van der Waals surface area (Å²) in [5.41, 5.74) is 8.53. The Morgan fingerprint density at radius 3 is 2.59 bits per heavy atom. The summed E-state index contributed by atoms with van der Waals surface area (Å²) in [5, 5.41) is 4.13. The van der Waals surface area contributed by atoms with Crippen molar-refractivity contribution >= 4 is 81.1 Å². The number of hydrogen-bond acceptors (Lipinski definition) is 7. The summed E-state index contributed by atoms with van der Waals surface area (Å²) in [6, 6.07) is 8.80. The van der Waals surface area contributed by atoms with Crippen LogP contribution in [0.25, 0.3) is 6.08 Å². The van der Waals surface area contributed by atoms with Gasteiger partial charge < -0.3 is 20.5 Å². The third-order valence-corrected chi connectivity index (χ3v) is 6.16. The fourth-order valence-corrected chi connectivity index (χ4v) is 4.18. The molecule has 1 aliphatic rings. The van der Waals surface area contributed by atoms with Gasteiger partial charge in [-0.3, -0.25) is 9.59 Å². The summed E-state index contributed by atoms with van der Waals surface area (Å²) in [6.45, 7) is 1.86. The molecule has 4 amide bonds. The van der Waals surface area contributed by atoms with E-state index in [1.165, 1.54) is 12.1 Å². The number of anilines is 1. The zero-order valence-corrected chi connectivity index (χ0v) is 20.7. The number of benzene rings is 2. The lowest BCUT2D eigenvalue weighted by atomic mass is 10.2. The number of rotatable bonds is 8. The zero-order valence-electron chi connectivity index (χ0n) is 17.6. The summed E-state index contributed by atoms with van der Waals surface area (Å²) in [4.78, 5) is 36.4. The Kier molecular flexibility index (Phi) is 8.61. The molecule has 178 valence electrons. The lowest BCUT2D eigenvalue weighted by Crippen LogP contribution is -2.46. The van der Waals surface area contributed by atoms with Crippen LogP contribution in [0.2, 0.25) is 10.0 Å². The molecule has 3 rings (SSSR count). The maximum atomic E-state index is 12.8. The van der Waals surface area contributed by atoms with Crippen molar-refractivity contribution in [1.82, 2.24) is 10.4 Å². The highest BCUT2D eigenvalue weighted by molar-refractivity contribution is 8.26. The highest BCUT2D eigenvalue weighted by atomic mass is 35.5. The van der Waals surface area contributed by atoms with Gasteiger partial charge in [-0.25, -0.2) is 10.2 Å². The predicted octanol–water partition coefficient (Wildman–Crippen LogP) is 4.19. The van der Waals surface area contributed by atoms with Gasteiger partial charge in [0.15, 0.2) is 22.4 Å². The third kappa shape index (κ3) is 6.54. The molecule has 2 aromatic rings. The minimum Gasteiger partial charge on any atom is -0.490 e. The van der Waals surface area contributed by atoms with E-state index in [9.17, 15) is 14.4 Å². The molecule has 1 heterocycles. The van der Waals surface area contributed by atoms with Crippen molar-refractivity contribution in [3.63, 3.8) is 0 Å². The predicted molar refractivity (Wildman–Crippen MR) is 136 cm³/mol. The number of urea groups is 1. The summed E-state index contributed by atoms with van der Waals surface area (Å²) in [5.74, 6) is -0.407. The maximum Gasteiger partial charge on any atom is 0.338 e. The van der Waals surface area contributed by atoms with E-state index < -0.39 is 17.8 Å². The minimum absolute atomic E-state index is 0.145. The van der Waals surface area contributed by atoms with Gasteiger partial charge >= 0.3 is 6.03 Å². The van der Waals surface area contributed by atoms with Crippen LogP contribution in [0.5, 0.6) is 11.5 Å². The quantitative estimate of drug-likeness (QED) is 0.338. The topological polar surface area (TPSA) is 123 Å². The fourth-order valence-electron chi connectivity index (χ4n) is 2.70. The molecular formula is C21H18Cl2N4O5S2. The number of nitrogens with one attached hydrogen (secondary N) is 2. The first-order valence-corrected chi connectivity index (χ1v) is 11.6. The van der Waals surface area contributed by atoms with E-state index in [0.717, 1.165) is 16.8 Å². The van der Waals surface area contributed by atoms with Crippen LogP contribution in [-0.4, -0.2) is 40.4 Å². The normalized spacial score (nSPS) is 14.3. The number of carbonyl (C=O) groups excluding carboxylic acids is 3. The number of ether oxygens (including phenoxy) is 2. The van der Waals surface area contributed by atoms with Crippen molar-refractivity contribution in [3.8, 4) is 11.5 Å². The molecule has 0 radical (unpaired) electrons. The Morgan fingerprint density at radius 1 is 1.15 bits per heavy atom. The van der Waals surface area contributed by atoms with Gasteiger partial charge in [-0.15, -0.1) is 0 Å². The van der Waals surface area contributed by atoms with Gasteiger partial charge in [-0.2, -0.15) is 5.01 Å². The van der Waals surface area contributed by atoms with Crippen molar-refractivity contribution < 1.29 is 23.9 Å². The summed E-state index contributed by atoms with van der Waals surface area (Å²) < 4.78 is 11.0. The molecule has 0 aromatic heterocycles. The van der Waals surface area contributed by atoms with E-state index in [4.69, 9.17) is 50.6 Å². The highest BCUT2D eigenvalue weighted by Crippen LogP contribution is 2.34. The van der Waals surface area contributed by atoms with Crippen LogP contribution >= 0.6 is 47.2 Å². The molecule has 0 atom stereocenters. The highest BCUT2D eigenvalue weighted by Gasteiger charge is 2.33. The van der Waals surface area contributed by atoms with E-state index in [1.807, 2.05) is 0 Å².